The van der Waals surface area contributed by atoms with Crippen molar-refractivity contribution in [2.24, 2.45) is 0 Å². The van der Waals surface area contributed by atoms with E-state index in [-0.39, 0.29) is 5.82 Å². The van der Waals surface area contributed by atoms with E-state index >= 15 is 0 Å². The van der Waals surface area contributed by atoms with Crippen molar-refractivity contribution in [1.29, 1.82) is 0 Å². The fourth-order valence-corrected chi connectivity index (χ4v) is 1.39. The van der Waals surface area contributed by atoms with Gasteiger partial charge in [-0.2, -0.15) is 0 Å². The summed E-state index contributed by atoms with van der Waals surface area (Å²) < 4.78 is 13.9. The third kappa shape index (κ3) is 1.92. The molecule has 0 aliphatic heterocycles. The number of benzene rings is 1. The zero-order chi connectivity index (χ0) is 8.43. The summed E-state index contributed by atoms with van der Waals surface area (Å²) in [5.41, 5.74) is 0.719. The third-order valence-electron chi connectivity index (χ3n) is 1.49. The Hall–Kier alpha value is -0.120. The van der Waals surface area contributed by atoms with Crippen LogP contribution >= 0.6 is 22.6 Å². The highest BCUT2D eigenvalue weighted by atomic mass is 127. The summed E-state index contributed by atoms with van der Waals surface area (Å²) in [6, 6.07) is 5.43. The molecule has 0 N–H and O–H groups in total. The highest BCUT2D eigenvalue weighted by Gasteiger charge is 2.08. The van der Waals surface area contributed by atoms with Crippen molar-refractivity contribution in [3.05, 3.63) is 39.1 Å². The van der Waals surface area contributed by atoms with E-state index in [1.165, 1.54) is 0 Å². The second kappa shape index (κ2) is 3.52. The fraction of sp³-hybridized carbons (Fsp3) is 0.222. The van der Waals surface area contributed by atoms with Crippen molar-refractivity contribution >= 4 is 22.6 Å². The van der Waals surface area contributed by atoms with Crippen LogP contribution in [0, 0.1) is 15.3 Å². The number of rotatable bonds is 1. The lowest BCUT2D eigenvalue weighted by Gasteiger charge is -2.06. The lowest BCUT2D eigenvalue weighted by molar-refractivity contribution is 0.608. The molecule has 0 saturated carbocycles. The topological polar surface area (TPSA) is 0 Å². The van der Waals surface area contributed by atoms with Crippen molar-refractivity contribution in [1.82, 2.24) is 0 Å². The Kier molecular flexibility index (Phi) is 2.87. The smallest absolute Gasteiger partial charge is 0.140 e. The molecule has 0 unspecified atom stereocenters. The first kappa shape index (κ1) is 8.97. The van der Waals surface area contributed by atoms with Crippen LogP contribution in [0.15, 0.2) is 18.2 Å². The number of halogens is 2. The van der Waals surface area contributed by atoms with E-state index in [1.54, 1.807) is 12.1 Å². The van der Waals surface area contributed by atoms with E-state index in [1.807, 2.05) is 42.5 Å². The Morgan fingerprint density at radius 2 is 2.00 bits per heavy atom. The highest BCUT2D eigenvalue weighted by molar-refractivity contribution is 14.1. The van der Waals surface area contributed by atoms with Gasteiger partial charge in [0.2, 0.25) is 0 Å². The standard InChI is InChI=1S/C9H9FI/c1-6(2)7-4-3-5-8(11)9(7)10/h3-5H,1-2H3. The second-order valence-corrected chi connectivity index (χ2v) is 3.76. The van der Waals surface area contributed by atoms with E-state index < -0.39 is 0 Å². The van der Waals surface area contributed by atoms with E-state index in [2.05, 4.69) is 0 Å². The SMILES string of the molecule is C[C](C)c1cccc(I)c1F. The van der Waals surface area contributed by atoms with E-state index in [0.29, 0.717) is 3.57 Å². The molecule has 0 bridgehead atoms. The molecule has 0 aromatic heterocycles. The van der Waals surface area contributed by atoms with Gasteiger partial charge in [-0.3, -0.25) is 0 Å². The highest BCUT2D eigenvalue weighted by Crippen LogP contribution is 2.20. The van der Waals surface area contributed by atoms with Gasteiger partial charge in [0.05, 0.1) is 0 Å². The molecule has 0 spiro atoms. The van der Waals surface area contributed by atoms with Gasteiger partial charge in [0.1, 0.15) is 5.82 Å². The molecule has 59 valence electrons. The van der Waals surface area contributed by atoms with Crippen LogP contribution in [0.5, 0.6) is 0 Å². The zero-order valence-corrected chi connectivity index (χ0v) is 8.65. The van der Waals surface area contributed by atoms with Gasteiger partial charge >= 0.3 is 0 Å². The van der Waals surface area contributed by atoms with Crippen LogP contribution in [0.25, 0.3) is 0 Å². The van der Waals surface area contributed by atoms with Crippen molar-refractivity contribution in [2.45, 2.75) is 13.8 Å². The van der Waals surface area contributed by atoms with Crippen LogP contribution in [0.1, 0.15) is 19.4 Å². The fourth-order valence-electron chi connectivity index (χ4n) is 0.890. The van der Waals surface area contributed by atoms with Crippen LogP contribution in [0.2, 0.25) is 0 Å². The van der Waals surface area contributed by atoms with Gasteiger partial charge in [-0.25, -0.2) is 4.39 Å². The minimum Gasteiger partial charge on any atom is -0.206 e. The maximum atomic E-state index is 13.2. The first-order valence-electron chi connectivity index (χ1n) is 3.37. The average Bonchev–Trinajstić information content (AvgIpc) is 1.94. The quantitative estimate of drug-likeness (QED) is 0.681. The summed E-state index contributed by atoms with van der Waals surface area (Å²) in [5.74, 6) is 0.911. The van der Waals surface area contributed by atoms with E-state index in [4.69, 9.17) is 0 Å². The van der Waals surface area contributed by atoms with Crippen LogP contribution in [0.3, 0.4) is 0 Å². The van der Waals surface area contributed by atoms with Gasteiger partial charge in [0, 0.05) is 9.49 Å². The summed E-state index contributed by atoms with van der Waals surface area (Å²) in [5, 5.41) is 0. The monoisotopic (exact) mass is 263 g/mol. The van der Waals surface area contributed by atoms with Gasteiger partial charge in [-0.05, 0) is 34.2 Å². The molecule has 0 aliphatic carbocycles. The molecule has 0 nitrogen and oxygen atoms in total. The lowest BCUT2D eigenvalue weighted by atomic mass is 10.0. The van der Waals surface area contributed by atoms with Crippen molar-refractivity contribution in [2.75, 3.05) is 0 Å². The van der Waals surface area contributed by atoms with Crippen LogP contribution in [0.4, 0.5) is 4.39 Å². The molecule has 0 aliphatic rings. The van der Waals surface area contributed by atoms with E-state index in [9.17, 15) is 4.39 Å². The van der Waals surface area contributed by atoms with Crippen molar-refractivity contribution < 1.29 is 4.39 Å². The van der Waals surface area contributed by atoms with E-state index in [0.717, 1.165) is 11.5 Å². The molecule has 0 fully saturated rings. The number of hydrogen-bond acceptors (Lipinski definition) is 0. The Morgan fingerprint density at radius 1 is 1.36 bits per heavy atom. The molecule has 0 atom stereocenters. The van der Waals surface area contributed by atoms with Crippen LogP contribution < -0.4 is 0 Å². The molecule has 1 rings (SSSR count). The molecule has 1 aromatic carbocycles. The third-order valence-corrected chi connectivity index (χ3v) is 2.32. The second-order valence-electron chi connectivity index (χ2n) is 2.60. The Bertz CT molecular complexity index is 256. The van der Waals surface area contributed by atoms with Crippen molar-refractivity contribution in [3.8, 4) is 0 Å². The summed E-state index contributed by atoms with van der Waals surface area (Å²) in [6.45, 7) is 3.82. The maximum Gasteiger partial charge on any atom is 0.140 e. The first-order chi connectivity index (χ1) is 5.13. The zero-order valence-electron chi connectivity index (χ0n) is 6.49. The van der Waals surface area contributed by atoms with Crippen LogP contribution in [-0.4, -0.2) is 0 Å². The van der Waals surface area contributed by atoms with Crippen molar-refractivity contribution in [3.63, 3.8) is 0 Å². The molecular weight excluding hydrogens is 254 g/mol. The Labute approximate surface area is 80.0 Å². The summed E-state index contributed by atoms with van der Waals surface area (Å²) >= 11 is 1.99. The van der Waals surface area contributed by atoms with Gasteiger partial charge in [-0.1, -0.05) is 26.0 Å². The Morgan fingerprint density at radius 3 is 2.45 bits per heavy atom. The molecule has 2 heteroatoms. The van der Waals surface area contributed by atoms with Gasteiger partial charge < -0.3 is 0 Å². The Balaban J connectivity index is 3.17. The van der Waals surface area contributed by atoms with Gasteiger partial charge in [-0.15, -0.1) is 0 Å². The first-order valence-corrected chi connectivity index (χ1v) is 4.45. The molecular formula is C9H9FI. The average molecular weight is 263 g/mol. The molecule has 0 heterocycles. The minimum atomic E-state index is -0.104. The predicted octanol–water partition coefficient (Wildman–Crippen LogP) is 3.39. The maximum absolute atomic E-state index is 13.2. The molecule has 1 aromatic rings. The van der Waals surface area contributed by atoms with Crippen LogP contribution in [-0.2, 0) is 0 Å². The predicted molar refractivity (Wildman–Crippen MR) is 52.8 cm³/mol. The normalized spacial score (nSPS) is 10.6. The number of hydrogen-bond donors (Lipinski definition) is 0. The van der Waals surface area contributed by atoms with Gasteiger partial charge in [0.25, 0.3) is 0 Å². The molecule has 11 heavy (non-hydrogen) atoms. The van der Waals surface area contributed by atoms with Gasteiger partial charge in [0.15, 0.2) is 0 Å². The minimum absolute atomic E-state index is 0.104. The lowest BCUT2D eigenvalue weighted by Crippen LogP contribution is -1.95. The largest absolute Gasteiger partial charge is 0.206 e. The summed E-state index contributed by atoms with van der Waals surface area (Å²) in [7, 11) is 0. The molecule has 1 radical (unpaired) electrons. The summed E-state index contributed by atoms with van der Waals surface area (Å²) in [6.07, 6.45) is 0. The molecule has 0 saturated heterocycles. The summed E-state index contributed by atoms with van der Waals surface area (Å²) in [4.78, 5) is 0. The molecule has 0 amide bonds.